The van der Waals surface area contributed by atoms with Gasteiger partial charge in [-0.1, -0.05) is 12.5 Å². The maximum atomic E-state index is 13.3. The molecule has 2 aliphatic rings. The molecule has 4 rings (SSSR count). The van der Waals surface area contributed by atoms with Gasteiger partial charge in [0.2, 0.25) is 15.9 Å². The quantitative estimate of drug-likeness (QED) is 0.715. The number of nitrogens with zero attached hydrogens (tertiary/aromatic N) is 3. The third-order valence-corrected chi connectivity index (χ3v) is 8.11. The molecule has 0 atom stereocenters. The number of piperidine rings is 2. The lowest BCUT2D eigenvalue weighted by molar-refractivity contribution is -0.120. The molecular weight excluding hydrogens is 428 g/mol. The zero-order chi connectivity index (χ0) is 22.6. The monoisotopic (exact) mass is 458 g/mol. The molecule has 172 valence electrons. The molecule has 0 bridgehead atoms. The molecule has 0 spiro atoms. The molecule has 9 heteroatoms. The van der Waals surface area contributed by atoms with E-state index in [0.717, 1.165) is 19.3 Å². The van der Waals surface area contributed by atoms with Gasteiger partial charge in [-0.25, -0.2) is 13.4 Å². The summed E-state index contributed by atoms with van der Waals surface area (Å²) in [5.74, 6) is 1.02. The first-order chi connectivity index (χ1) is 15.5. The van der Waals surface area contributed by atoms with Crippen LogP contribution in [-0.2, 0) is 14.8 Å². The van der Waals surface area contributed by atoms with Crippen LogP contribution < -0.4 is 15.0 Å². The highest BCUT2D eigenvalue weighted by molar-refractivity contribution is 7.89. The highest BCUT2D eigenvalue weighted by atomic mass is 32.2. The van der Waals surface area contributed by atoms with E-state index < -0.39 is 10.0 Å². The molecule has 2 aromatic rings. The molecule has 1 amide bonds. The van der Waals surface area contributed by atoms with Crippen LogP contribution in [0.25, 0.3) is 0 Å². The summed E-state index contributed by atoms with van der Waals surface area (Å²) in [4.78, 5) is 19.4. The van der Waals surface area contributed by atoms with Crippen LogP contribution in [0.15, 0.2) is 47.5 Å². The molecule has 2 aliphatic heterocycles. The first-order valence-corrected chi connectivity index (χ1v) is 12.6. The number of anilines is 2. The van der Waals surface area contributed by atoms with E-state index >= 15 is 0 Å². The Kier molecular flexibility index (Phi) is 6.95. The third kappa shape index (κ3) is 4.88. The topological polar surface area (TPSA) is 91.8 Å². The summed E-state index contributed by atoms with van der Waals surface area (Å²) < 4.78 is 33.3. The number of pyridine rings is 1. The molecule has 3 heterocycles. The van der Waals surface area contributed by atoms with E-state index in [2.05, 4.69) is 10.3 Å². The standard InChI is InChI=1S/C23H30N4O4S/c1-31-20-8-5-7-19(17-20)25-23(28)18-10-15-26(16-11-18)22-21(9-6-12-24-22)32(29,30)27-13-3-2-4-14-27/h5-9,12,17-18H,2-4,10-11,13-16H2,1H3,(H,25,28). The summed E-state index contributed by atoms with van der Waals surface area (Å²) in [7, 11) is -1.99. The molecule has 1 N–H and O–H groups in total. The van der Waals surface area contributed by atoms with Crippen molar-refractivity contribution in [1.82, 2.24) is 9.29 Å². The number of carbonyl (C=O) groups excluding carboxylic acids is 1. The highest BCUT2D eigenvalue weighted by Gasteiger charge is 2.32. The second-order valence-corrected chi connectivity index (χ2v) is 10.2. The number of nitrogens with one attached hydrogen (secondary N) is 1. The van der Waals surface area contributed by atoms with Gasteiger partial charge in [0.05, 0.1) is 7.11 Å². The van der Waals surface area contributed by atoms with E-state index in [1.807, 2.05) is 23.1 Å². The lowest BCUT2D eigenvalue weighted by Crippen LogP contribution is -2.40. The molecule has 0 unspecified atom stereocenters. The van der Waals surface area contributed by atoms with Gasteiger partial charge in [-0.05, 0) is 49.9 Å². The molecule has 32 heavy (non-hydrogen) atoms. The van der Waals surface area contributed by atoms with Crippen molar-refractivity contribution >= 4 is 27.4 Å². The fourth-order valence-corrected chi connectivity index (χ4v) is 6.04. The highest BCUT2D eigenvalue weighted by Crippen LogP contribution is 2.31. The first kappa shape index (κ1) is 22.5. The maximum Gasteiger partial charge on any atom is 0.246 e. The molecular formula is C23H30N4O4S. The minimum Gasteiger partial charge on any atom is -0.497 e. The number of rotatable bonds is 6. The number of benzene rings is 1. The van der Waals surface area contributed by atoms with Gasteiger partial charge < -0.3 is 15.0 Å². The zero-order valence-corrected chi connectivity index (χ0v) is 19.2. The lowest BCUT2D eigenvalue weighted by Gasteiger charge is -2.34. The fourth-order valence-electron chi connectivity index (χ4n) is 4.36. The van der Waals surface area contributed by atoms with E-state index in [0.29, 0.717) is 56.3 Å². The van der Waals surface area contributed by atoms with Crippen molar-refractivity contribution in [3.63, 3.8) is 0 Å². The number of amides is 1. The van der Waals surface area contributed by atoms with Gasteiger partial charge in [0.15, 0.2) is 0 Å². The predicted molar refractivity (Wildman–Crippen MR) is 123 cm³/mol. The Balaban J connectivity index is 1.43. The van der Waals surface area contributed by atoms with Crippen molar-refractivity contribution in [3.05, 3.63) is 42.6 Å². The van der Waals surface area contributed by atoms with Gasteiger partial charge in [-0.2, -0.15) is 4.31 Å². The van der Waals surface area contributed by atoms with Gasteiger partial charge in [0.25, 0.3) is 0 Å². The van der Waals surface area contributed by atoms with Crippen LogP contribution in [0, 0.1) is 5.92 Å². The number of ether oxygens (including phenoxy) is 1. The van der Waals surface area contributed by atoms with Gasteiger partial charge in [-0.15, -0.1) is 0 Å². The smallest absolute Gasteiger partial charge is 0.246 e. The Morgan fingerprint density at radius 1 is 1.06 bits per heavy atom. The first-order valence-electron chi connectivity index (χ1n) is 11.1. The maximum absolute atomic E-state index is 13.3. The zero-order valence-electron chi connectivity index (χ0n) is 18.4. The normalized spacial score (nSPS) is 18.3. The summed E-state index contributed by atoms with van der Waals surface area (Å²) in [5, 5.41) is 2.96. The predicted octanol–water partition coefficient (Wildman–Crippen LogP) is 3.12. The molecule has 0 saturated carbocycles. The Hall–Kier alpha value is -2.65. The van der Waals surface area contributed by atoms with Crippen LogP contribution in [0.1, 0.15) is 32.1 Å². The van der Waals surface area contributed by atoms with E-state index in [-0.39, 0.29) is 16.7 Å². The fraction of sp³-hybridized carbons (Fsp3) is 0.478. The molecule has 1 aromatic heterocycles. The van der Waals surface area contributed by atoms with Gasteiger partial charge in [0.1, 0.15) is 16.5 Å². The summed E-state index contributed by atoms with van der Waals surface area (Å²) in [6.07, 6.45) is 5.75. The van der Waals surface area contributed by atoms with E-state index in [1.165, 1.54) is 0 Å². The van der Waals surface area contributed by atoms with Crippen molar-refractivity contribution in [3.8, 4) is 5.75 Å². The van der Waals surface area contributed by atoms with Gasteiger partial charge in [-0.3, -0.25) is 4.79 Å². The number of hydrogen-bond donors (Lipinski definition) is 1. The van der Waals surface area contributed by atoms with Crippen molar-refractivity contribution in [2.75, 3.05) is 43.5 Å². The third-order valence-electron chi connectivity index (χ3n) is 6.19. The van der Waals surface area contributed by atoms with Gasteiger partial charge in [0, 0.05) is 50.0 Å². The number of aromatic nitrogens is 1. The largest absolute Gasteiger partial charge is 0.497 e. The average Bonchev–Trinajstić information content (AvgIpc) is 2.85. The Bertz CT molecular complexity index is 1050. The second-order valence-electron chi connectivity index (χ2n) is 8.27. The summed E-state index contributed by atoms with van der Waals surface area (Å²) >= 11 is 0. The van der Waals surface area contributed by atoms with Gasteiger partial charge >= 0.3 is 0 Å². The van der Waals surface area contributed by atoms with Crippen LogP contribution in [-0.4, -0.2) is 56.9 Å². The molecule has 0 aliphatic carbocycles. The minimum absolute atomic E-state index is 0.0277. The Labute approximate surface area is 189 Å². The molecule has 2 fully saturated rings. The molecule has 0 radical (unpaired) electrons. The van der Waals surface area contributed by atoms with E-state index in [4.69, 9.17) is 4.74 Å². The number of sulfonamides is 1. The van der Waals surface area contributed by atoms with Crippen molar-refractivity contribution in [1.29, 1.82) is 0 Å². The van der Waals surface area contributed by atoms with Crippen LogP contribution in [0.2, 0.25) is 0 Å². The van der Waals surface area contributed by atoms with Crippen LogP contribution in [0.3, 0.4) is 0 Å². The van der Waals surface area contributed by atoms with Crippen LogP contribution in [0.4, 0.5) is 11.5 Å². The Morgan fingerprint density at radius 3 is 2.53 bits per heavy atom. The molecule has 2 saturated heterocycles. The summed E-state index contributed by atoms with van der Waals surface area (Å²) in [6.45, 7) is 2.28. The average molecular weight is 459 g/mol. The second kappa shape index (κ2) is 9.87. The van der Waals surface area contributed by atoms with Crippen molar-refractivity contribution in [2.45, 2.75) is 37.0 Å². The molecule has 8 nitrogen and oxygen atoms in total. The number of carbonyl (C=O) groups is 1. The number of hydrogen-bond acceptors (Lipinski definition) is 6. The van der Waals surface area contributed by atoms with Crippen LogP contribution >= 0.6 is 0 Å². The van der Waals surface area contributed by atoms with E-state index in [1.54, 1.807) is 35.8 Å². The van der Waals surface area contributed by atoms with Crippen molar-refractivity contribution < 1.29 is 17.9 Å². The van der Waals surface area contributed by atoms with Crippen LogP contribution in [0.5, 0.6) is 5.75 Å². The Morgan fingerprint density at radius 2 is 1.81 bits per heavy atom. The number of methoxy groups -OCH3 is 1. The SMILES string of the molecule is COc1cccc(NC(=O)C2CCN(c3ncccc3S(=O)(=O)N3CCCCC3)CC2)c1. The summed E-state index contributed by atoms with van der Waals surface area (Å²) in [5.41, 5.74) is 0.705. The minimum atomic E-state index is -3.58. The summed E-state index contributed by atoms with van der Waals surface area (Å²) in [6, 6.07) is 10.6. The van der Waals surface area contributed by atoms with E-state index in [9.17, 15) is 13.2 Å². The van der Waals surface area contributed by atoms with Crippen molar-refractivity contribution in [2.24, 2.45) is 5.92 Å². The lowest BCUT2D eigenvalue weighted by atomic mass is 9.95. The molecule has 1 aromatic carbocycles.